The third-order valence-corrected chi connectivity index (χ3v) is 16.8. The molecule has 17 atom stereocenters. The monoisotopic (exact) mass is 1350 g/mol. The van der Waals surface area contributed by atoms with Gasteiger partial charge in [-0.1, -0.05) is 230 Å². The summed E-state index contributed by atoms with van der Waals surface area (Å²) in [5.74, 6) is -0.353. The summed E-state index contributed by atoms with van der Waals surface area (Å²) in [6, 6.07) is -1.04. The van der Waals surface area contributed by atoms with Crippen LogP contribution in [0.5, 0.6) is 0 Å². The molecule has 0 aromatic heterocycles. The van der Waals surface area contributed by atoms with E-state index in [0.717, 1.165) is 83.5 Å². The zero-order chi connectivity index (χ0) is 69.6. The van der Waals surface area contributed by atoms with Gasteiger partial charge in [0.2, 0.25) is 5.91 Å². The molecule has 0 aromatic carbocycles. The van der Waals surface area contributed by atoms with Gasteiger partial charge in [-0.05, 0) is 109 Å². The highest BCUT2D eigenvalue weighted by molar-refractivity contribution is 5.76. The van der Waals surface area contributed by atoms with Gasteiger partial charge in [0, 0.05) is 6.42 Å². The number of nitrogens with one attached hydrogen (secondary N) is 1. The fourth-order valence-corrected chi connectivity index (χ4v) is 11.0. The normalized spacial score (nSPS) is 27.9. The molecule has 19 nitrogen and oxygen atoms in total. The first-order chi connectivity index (χ1) is 46.8. The Morgan fingerprint density at radius 2 is 0.729 bits per heavy atom. The summed E-state index contributed by atoms with van der Waals surface area (Å²) in [5, 5.41) is 121. The summed E-state index contributed by atoms with van der Waals surface area (Å²) in [4.78, 5) is 13.4. The van der Waals surface area contributed by atoms with E-state index in [-0.39, 0.29) is 12.3 Å². The van der Waals surface area contributed by atoms with E-state index in [1.165, 1.54) is 77.0 Å². The fraction of sp³-hybridized carbons (Fsp3) is 0.675. The van der Waals surface area contributed by atoms with Crippen LogP contribution in [0.3, 0.4) is 0 Å². The summed E-state index contributed by atoms with van der Waals surface area (Å²) in [6.07, 6.45) is 54.0. The van der Waals surface area contributed by atoms with Crippen LogP contribution in [0.25, 0.3) is 0 Å². The molecule has 3 saturated heterocycles. The lowest BCUT2D eigenvalue weighted by molar-refractivity contribution is -0.379. The number of aliphatic hydroxyl groups excluding tert-OH is 11. The van der Waals surface area contributed by atoms with Crippen LogP contribution in [-0.4, -0.2) is 193 Å². The zero-order valence-electron chi connectivity index (χ0n) is 57.8. The lowest BCUT2D eigenvalue weighted by Crippen LogP contribution is -2.66. The number of carbonyl (C=O) groups excluding carboxylic acids is 1. The van der Waals surface area contributed by atoms with E-state index < -0.39 is 131 Å². The molecule has 12 N–H and O–H groups in total. The Kier molecular flexibility index (Phi) is 50.5. The predicted octanol–water partition coefficient (Wildman–Crippen LogP) is 10.3. The quantitative estimate of drug-likeness (QED) is 0.0199. The third-order valence-electron chi connectivity index (χ3n) is 16.8. The molecule has 0 bridgehead atoms. The highest BCUT2D eigenvalue weighted by atomic mass is 16.8. The first kappa shape index (κ1) is 85.9. The van der Waals surface area contributed by atoms with Crippen molar-refractivity contribution in [1.29, 1.82) is 0 Å². The Morgan fingerprint density at radius 1 is 0.385 bits per heavy atom. The van der Waals surface area contributed by atoms with Crippen molar-refractivity contribution in [1.82, 2.24) is 5.32 Å². The van der Waals surface area contributed by atoms with E-state index >= 15 is 0 Å². The van der Waals surface area contributed by atoms with Crippen molar-refractivity contribution in [3.05, 3.63) is 146 Å². The topological polar surface area (TPSA) is 307 Å². The summed E-state index contributed by atoms with van der Waals surface area (Å²) in [6.45, 7) is 1.53. The summed E-state index contributed by atoms with van der Waals surface area (Å²) < 4.78 is 34.3. The van der Waals surface area contributed by atoms with E-state index in [9.17, 15) is 61.0 Å². The molecule has 546 valence electrons. The van der Waals surface area contributed by atoms with Crippen molar-refractivity contribution in [2.24, 2.45) is 0 Å². The molecule has 3 aliphatic heterocycles. The number of rotatable bonds is 53. The maximum atomic E-state index is 13.4. The first-order valence-corrected chi connectivity index (χ1v) is 36.1. The number of aliphatic hydroxyl groups is 11. The molecular formula is C77H125NO18. The maximum absolute atomic E-state index is 13.4. The average Bonchev–Trinajstić information content (AvgIpc) is 0.787. The average molecular weight is 1350 g/mol. The van der Waals surface area contributed by atoms with Crippen molar-refractivity contribution < 1.29 is 89.4 Å². The van der Waals surface area contributed by atoms with Crippen LogP contribution < -0.4 is 5.32 Å². The van der Waals surface area contributed by atoms with E-state index in [1.807, 2.05) is 12.2 Å². The second kappa shape index (κ2) is 56.4. The molecule has 17 unspecified atom stereocenters. The van der Waals surface area contributed by atoms with Gasteiger partial charge in [-0.3, -0.25) is 4.79 Å². The second-order valence-corrected chi connectivity index (χ2v) is 24.9. The first-order valence-electron chi connectivity index (χ1n) is 36.1. The van der Waals surface area contributed by atoms with Crippen LogP contribution in [-0.2, 0) is 33.2 Å². The van der Waals surface area contributed by atoms with Crippen LogP contribution in [0, 0.1) is 0 Å². The molecule has 1 amide bonds. The Hall–Kier alpha value is -4.33. The molecule has 3 fully saturated rings. The lowest BCUT2D eigenvalue weighted by Gasteiger charge is -2.48. The molecule has 0 aliphatic carbocycles. The minimum atomic E-state index is -2.00. The van der Waals surface area contributed by atoms with Crippen molar-refractivity contribution in [2.45, 2.75) is 304 Å². The molecule has 3 aliphatic rings. The van der Waals surface area contributed by atoms with E-state index in [4.69, 9.17) is 28.4 Å². The van der Waals surface area contributed by atoms with Gasteiger partial charge in [0.05, 0.1) is 38.6 Å². The van der Waals surface area contributed by atoms with Crippen molar-refractivity contribution >= 4 is 5.91 Å². The van der Waals surface area contributed by atoms with Crippen LogP contribution in [0.1, 0.15) is 200 Å². The Labute approximate surface area is 574 Å². The van der Waals surface area contributed by atoms with Crippen LogP contribution in [0.4, 0.5) is 0 Å². The summed E-state index contributed by atoms with van der Waals surface area (Å²) in [7, 11) is 0. The second-order valence-electron chi connectivity index (χ2n) is 24.9. The van der Waals surface area contributed by atoms with Gasteiger partial charge in [0.1, 0.15) is 73.2 Å². The van der Waals surface area contributed by atoms with E-state index in [0.29, 0.717) is 19.3 Å². The van der Waals surface area contributed by atoms with Gasteiger partial charge >= 0.3 is 0 Å². The largest absolute Gasteiger partial charge is 0.394 e. The number of amides is 1. The minimum Gasteiger partial charge on any atom is -0.394 e. The van der Waals surface area contributed by atoms with Crippen LogP contribution in [0.15, 0.2) is 146 Å². The number of hydrogen-bond acceptors (Lipinski definition) is 18. The standard InChI is InChI=1S/C77H125NO18/c1-3-5-7-9-11-13-15-17-19-21-23-25-27-28-29-30-31-32-33-35-37-39-41-43-45-47-49-51-53-55-65(83)78-60(61(82)54-52-50-48-46-44-42-40-38-36-34-26-24-22-20-18-16-14-12-10-8-6-4-2)59-91-75-71(89)68(86)73(63(57-80)93-75)96-77-72(90)69(87)74(64(58-81)94-77)95-76-70(88)67(85)66(84)62(56-79)92-76/h5,7,11,13,17,19,23,25,28-29,31-32,35-38,41,43-44,46-47,49,52,54,60-64,66-77,79-82,84-90H,3-4,6,8-10,12,14-16,18,20-22,24,26-27,30,33-34,39-40,42,45,48,50-51,53,55-59H2,1-2H3,(H,78,83)/b7-5-,13-11-,19-17-,25-23-,29-28-,32-31-,37-35-,38-36+,43-41-,46-44+,49-47-,54-52+. The van der Waals surface area contributed by atoms with Crippen LogP contribution in [0.2, 0.25) is 0 Å². The predicted molar refractivity (Wildman–Crippen MR) is 378 cm³/mol. The number of allylic oxidation sites excluding steroid dienone is 23. The van der Waals surface area contributed by atoms with Gasteiger partial charge in [0.25, 0.3) is 0 Å². The highest BCUT2D eigenvalue weighted by Gasteiger charge is 2.53. The van der Waals surface area contributed by atoms with E-state index in [1.54, 1.807) is 6.08 Å². The molecule has 3 rings (SSSR count). The van der Waals surface area contributed by atoms with Gasteiger partial charge in [-0.25, -0.2) is 0 Å². The molecule has 0 aromatic rings. The fourth-order valence-electron chi connectivity index (χ4n) is 11.0. The summed E-state index contributed by atoms with van der Waals surface area (Å²) >= 11 is 0. The molecule has 0 saturated carbocycles. The SMILES string of the molecule is CC/C=C\C/C=C\C/C=C\C/C=C\C/C=C\C/C=C\C/C=C\C/C=C\C/C=C\CCCC(=O)NC(COC1OC(CO)C(OC2OC(CO)C(OC3OC(CO)C(O)C(O)C3O)C(O)C2O)C(O)C1O)C(O)/C=C/CC/C=C/CC/C=C/CCCCCCCCCCCCCC. The van der Waals surface area contributed by atoms with Gasteiger partial charge < -0.3 is 89.9 Å². The number of ether oxygens (including phenoxy) is 6. The van der Waals surface area contributed by atoms with Crippen molar-refractivity contribution in [2.75, 3.05) is 26.4 Å². The molecule has 19 heteroatoms. The Bertz CT molecular complexity index is 2310. The van der Waals surface area contributed by atoms with Gasteiger partial charge in [-0.2, -0.15) is 0 Å². The highest BCUT2D eigenvalue weighted by Crippen LogP contribution is 2.33. The minimum absolute atomic E-state index is 0.141. The Balaban J connectivity index is 1.47. The summed E-state index contributed by atoms with van der Waals surface area (Å²) in [5.41, 5.74) is 0. The zero-order valence-corrected chi connectivity index (χ0v) is 57.8. The molecule has 0 radical (unpaired) electrons. The van der Waals surface area contributed by atoms with Crippen molar-refractivity contribution in [3.8, 4) is 0 Å². The number of carbonyl (C=O) groups is 1. The molecular weight excluding hydrogens is 1230 g/mol. The third kappa shape index (κ3) is 37.2. The number of unbranched alkanes of at least 4 members (excludes halogenated alkanes) is 15. The smallest absolute Gasteiger partial charge is 0.220 e. The van der Waals surface area contributed by atoms with Gasteiger partial charge in [0.15, 0.2) is 18.9 Å². The van der Waals surface area contributed by atoms with Gasteiger partial charge in [-0.15, -0.1) is 0 Å². The lowest BCUT2D eigenvalue weighted by atomic mass is 9.96. The van der Waals surface area contributed by atoms with Crippen molar-refractivity contribution in [3.63, 3.8) is 0 Å². The Morgan fingerprint density at radius 3 is 1.17 bits per heavy atom. The van der Waals surface area contributed by atoms with Crippen LogP contribution >= 0.6 is 0 Å². The number of hydrogen-bond donors (Lipinski definition) is 12. The van der Waals surface area contributed by atoms with E-state index in [2.05, 4.69) is 147 Å². The maximum Gasteiger partial charge on any atom is 0.220 e. The molecule has 0 spiro atoms. The molecule has 3 heterocycles. The molecule has 96 heavy (non-hydrogen) atoms.